The number of rotatable bonds is 2. The van der Waals surface area contributed by atoms with E-state index in [2.05, 4.69) is 21.2 Å². The molecule has 0 bridgehead atoms. The third-order valence-electron chi connectivity index (χ3n) is 2.84. The lowest BCUT2D eigenvalue weighted by molar-refractivity contribution is 0.389. The Morgan fingerprint density at radius 3 is 1.56 bits per heavy atom. The van der Waals surface area contributed by atoms with Gasteiger partial charge in [0.05, 0.1) is 22.4 Å². The maximum absolute atomic E-state index is 9.18. The van der Waals surface area contributed by atoms with Crippen LogP contribution in [0.25, 0.3) is 21.8 Å². The number of fused-ring (bicyclic) bond motifs is 3. The van der Waals surface area contributed by atoms with Crippen molar-refractivity contribution in [2.75, 3.05) is 11.0 Å². The monoisotopic (exact) mass is 242 g/mol. The first-order valence-electron chi connectivity index (χ1n) is 5.33. The van der Waals surface area contributed by atoms with Crippen LogP contribution in [-0.4, -0.2) is 20.6 Å². The van der Waals surface area contributed by atoms with E-state index in [9.17, 15) is 10.4 Å². The molecule has 0 spiro atoms. The first-order valence-corrected chi connectivity index (χ1v) is 5.33. The summed E-state index contributed by atoms with van der Waals surface area (Å²) in [5.41, 5.74) is 6.55. The molecule has 6 nitrogen and oxygen atoms in total. The average molecular weight is 242 g/mol. The number of hydrogen-bond donors (Lipinski definition) is 4. The molecular weight excluding hydrogens is 232 g/mol. The SMILES string of the molecule is ONc1cccc2nnc3cccc(NO)c3c12. The van der Waals surface area contributed by atoms with E-state index in [4.69, 9.17) is 0 Å². The number of nitrogens with zero attached hydrogens (tertiary/aromatic N) is 2. The zero-order valence-corrected chi connectivity index (χ0v) is 9.25. The fourth-order valence-corrected chi connectivity index (χ4v) is 2.07. The molecule has 0 saturated carbocycles. The third kappa shape index (κ3) is 1.44. The zero-order valence-electron chi connectivity index (χ0n) is 9.25. The molecule has 0 aliphatic carbocycles. The van der Waals surface area contributed by atoms with Crippen molar-refractivity contribution in [2.24, 2.45) is 0 Å². The van der Waals surface area contributed by atoms with Gasteiger partial charge in [0.2, 0.25) is 0 Å². The summed E-state index contributed by atoms with van der Waals surface area (Å²) in [7, 11) is 0. The summed E-state index contributed by atoms with van der Waals surface area (Å²) in [6.45, 7) is 0. The molecule has 0 aliphatic rings. The fraction of sp³-hybridized carbons (Fsp3) is 0. The molecule has 2 aromatic carbocycles. The van der Waals surface area contributed by atoms with Crippen molar-refractivity contribution in [1.82, 2.24) is 10.2 Å². The molecule has 1 heterocycles. The second kappa shape index (κ2) is 4.10. The fourth-order valence-electron chi connectivity index (χ4n) is 2.07. The van der Waals surface area contributed by atoms with Gasteiger partial charge in [-0.3, -0.25) is 21.4 Å². The zero-order chi connectivity index (χ0) is 12.5. The number of benzene rings is 2. The van der Waals surface area contributed by atoms with Crippen LogP contribution in [0.4, 0.5) is 11.4 Å². The molecule has 3 aromatic rings. The lowest BCUT2D eigenvalue weighted by Gasteiger charge is -2.10. The molecule has 0 unspecified atom stereocenters. The highest BCUT2D eigenvalue weighted by atomic mass is 16.5. The summed E-state index contributed by atoms with van der Waals surface area (Å²) in [5.74, 6) is 0. The van der Waals surface area contributed by atoms with Crippen LogP contribution in [0.3, 0.4) is 0 Å². The van der Waals surface area contributed by atoms with E-state index in [0.29, 0.717) is 33.2 Å². The van der Waals surface area contributed by atoms with E-state index in [0.717, 1.165) is 0 Å². The van der Waals surface area contributed by atoms with E-state index < -0.39 is 0 Å². The van der Waals surface area contributed by atoms with Gasteiger partial charge in [0.1, 0.15) is 0 Å². The molecule has 0 aliphatic heterocycles. The summed E-state index contributed by atoms with van der Waals surface area (Å²) >= 11 is 0. The second-order valence-corrected chi connectivity index (χ2v) is 3.82. The molecular formula is C12H10N4O2. The summed E-state index contributed by atoms with van der Waals surface area (Å²) < 4.78 is 0. The molecule has 0 saturated heterocycles. The molecule has 0 fully saturated rings. The summed E-state index contributed by atoms with van der Waals surface area (Å²) in [6, 6.07) is 10.5. The predicted molar refractivity (Wildman–Crippen MR) is 67.9 cm³/mol. The minimum Gasteiger partial charge on any atom is -0.291 e. The Morgan fingerprint density at radius 2 is 1.17 bits per heavy atom. The van der Waals surface area contributed by atoms with E-state index in [1.165, 1.54) is 0 Å². The second-order valence-electron chi connectivity index (χ2n) is 3.82. The lowest BCUT2D eigenvalue weighted by atomic mass is 10.1. The van der Waals surface area contributed by atoms with E-state index >= 15 is 0 Å². The summed E-state index contributed by atoms with van der Waals surface area (Å²) in [6.07, 6.45) is 0. The molecule has 0 atom stereocenters. The number of aromatic nitrogens is 2. The number of anilines is 2. The van der Waals surface area contributed by atoms with Crippen LogP contribution in [0.15, 0.2) is 36.4 Å². The van der Waals surface area contributed by atoms with Crippen LogP contribution >= 0.6 is 0 Å². The predicted octanol–water partition coefficient (Wildman–Crippen LogP) is 2.39. The van der Waals surface area contributed by atoms with Gasteiger partial charge in [-0.2, -0.15) is 0 Å². The maximum atomic E-state index is 9.18. The van der Waals surface area contributed by atoms with Crippen LogP contribution in [0, 0.1) is 0 Å². The Morgan fingerprint density at radius 1 is 0.722 bits per heavy atom. The van der Waals surface area contributed by atoms with E-state index in [1.807, 2.05) is 0 Å². The first kappa shape index (κ1) is 10.7. The van der Waals surface area contributed by atoms with Crippen LogP contribution in [0.2, 0.25) is 0 Å². The van der Waals surface area contributed by atoms with Crippen molar-refractivity contribution in [2.45, 2.75) is 0 Å². The van der Waals surface area contributed by atoms with Crippen molar-refractivity contribution in [3.8, 4) is 0 Å². The molecule has 90 valence electrons. The minimum absolute atomic E-state index is 0.509. The minimum atomic E-state index is 0.509. The van der Waals surface area contributed by atoms with Gasteiger partial charge < -0.3 is 0 Å². The highest BCUT2D eigenvalue weighted by molar-refractivity contribution is 6.15. The lowest BCUT2D eigenvalue weighted by Crippen LogP contribution is -1.97. The number of hydrogen-bond acceptors (Lipinski definition) is 6. The van der Waals surface area contributed by atoms with Gasteiger partial charge in [0, 0.05) is 10.8 Å². The van der Waals surface area contributed by atoms with Crippen LogP contribution in [-0.2, 0) is 0 Å². The standard InChI is InChI=1S/C12H10N4O2/c17-15-9-5-1-3-7-11(9)12-8(14-13-7)4-2-6-10(12)16-18/h1-6,15-18H. The van der Waals surface area contributed by atoms with Crippen molar-refractivity contribution in [3.05, 3.63) is 36.4 Å². The molecule has 6 heteroatoms. The normalized spacial score (nSPS) is 10.8. The Labute approximate surface area is 102 Å². The summed E-state index contributed by atoms with van der Waals surface area (Å²) in [5, 5.41) is 27.9. The van der Waals surface area contributed by atoms with Crippen LogP contribution in [0.1, 0.15) is 0 Å². The Bertz CT molecular complexity index is 667. The topological polar surface area (TPSA) is 90.3 Å². The van der Waals surface area contributed by atoms with Crippen LogP contribution in [0.5, 0.6) is 0 Å². The molecule has 1 aromatic heterocycles. The third-order valence-corrected chi connectivity index (χ3v) is 2.84. The van der Waals surface area contributed by atoms with E-state index in [-0.39, 0.29) is 0 Å². The van der Waals surface area contributed by atoms with Crippen LogP contribution < -0.4 is 11.0 Å². The molecule has 18 heavy (non-hydrogen) atoms. The Hall–Kier alpha value is -2.44. The largest absolute Gasteiger partial charge is 0.291 e. The molecule has 4 N–H and O–H groups in total. The van der Waals surface area contributed by atoms with Crippen molar-refractivity contribution < 1.29 is 10.4 Å². The Balaban J connectivity index is 2.57. The van der Waals surface area contributed by atoms with Gasteiger partial charge in [-0.25, -0.2) is 0 Å². The Kier molecular flexibility index (Phi) is 2.44. The van der Waals surface area contributed by atoms with Gasteiger partial charge in [-0.1, -0.05) is 12.1 Å². The maximum Gasteiger partial charge on any atom is 0.0958 e. The quantitative estimate of drug-likeness (QED) is 0.407. The molecule has 0 amide bonds. The van der Waals surface area contributed by atoms with Crippen molar-refractivity contribution in [1.29, 1.82) is 0 Å². The van der Waals surface area contributed by atoms with Crippen molar-refractivity contribution >= 4 is 33.2 Å². The van der Waals surface area contributed by atoms with Crippen molar-refractivity contribution in [3.63, 3.8) is 0 Å². The van der Waals surface area contributed by atoms with Gasteiger partial charge in [0.15, 0.2) is 0 Å². The van der Waals surface area contributed by atoms with E-state index in [1.54, 1.807) is 36.4 Å². The molecule has 3 rings (SSSR count). The first-order chi connectivity index (χ1) is 8.85. The van der Waals surface area contributed by atoms with Gasteiger partial charge in [-0.05, 0) is 24.3 Å². The van der Waals surface area contributed by atoms with Gasteiger partial charge in [-0.15, -0.1) is 10.2 Å². The smallest absolute Gasteiger partial charge is 0.0958 e. The highest BCUT2D eigenvalue weighted by Crippen LogP contribution is 2.33. The average Bonchev–Trinajstić information content (AvgIpc) is 2.45. The molecule has 0 radical (unpaired) electrons. The van der Waals surface area contributed by atoms with Gasteiger partial charge >= 0.3 is 0 Å². The summed E-state index contributed by atoms with van der Waals surface area (Å²) in [4.78, 5) is 0. The van der Waals surface area contributed by atoms with Gasteiger partial charge in [0.25, 0.3) is 0 Å². The number of nitrogens with one attached hydrogen (secondary N) is 2. The highest BCUT2D eigenvalue weighted by Gasteiger charge is 2.10.